The van der Waals surface area contributed by atoms with E-state index in [2.05, 4.69) is 20.2 Å². The Labute approximate surface area is 114 Å². The van der Waals surface area contributed by atoms with Gasteiger partial charge in [-0.15, -0.1) is 0 Å². The summed E-state index contributed by atoms with van der Waals surface area (Å²) in [5.74, 6) is 1.08. The number of carbonyl (C=O) groups excluding carboxylic acids is 1. The number of hydrogen-bond donors (Lipinski definition) is 1. The largest absolute Gasteiger partial charge is 0.354 e. The fraction of sp³-hybridized carbons (Fsp3) is 0.643. The van der Waals surface area contributed by atoms with Crippen molar-refractivity contribution in [3.63, 3.8) is 0 Å². The molecule has 1 N–H and O–H groups in total. The van der Waals surface area contributed by atoms with E-state index in [1.165, 1.54) is 0 Å². The minimum absolute atomic E-state index is 0.129. The lowest BCUT2D eigenvalue weighted by Crippen LogP contribution is -2.42. The lowest BCUT2D eigenvalue weighted by Gasteiger charge is -2.31. The number of piperidine rings is 1. The molecule has 1 saturated heterocycles. The molecule has 0 radical (unpaired) electrons. The van der Waals surface area contributed by atoms with Crippen LogP contribution in [0.5, 0.6) is 0 Å². The Morgan fingerprint density at radius 3 is 2.42 bits per heavy atom. The zero-order chi connectivity index (χ0) is 13.8. The van der Waals surface area contributed by atoms with Gasteiger partial charge in [0.15, 0.2) is 0 Å². The van der Waals surface area contributed by atoms with Gasteiger partial charge in [0.05, 0.1) is 0 Å². The van der Waals surface area contributed by atoms with Crippen LogP contribution in [0.25, 0.3) is 0 Å². The zero-order valence-electron chi connectivity index (χ0n) is 11.9. The summed E-state index contributed by atoms with van der Waals surface area (Å²) < 4.78 is 0. The number of hydrogen-bond acceptors (Lipinski definition) is 4. The number of anilines is 1. The van der Waals surface area contributed by atoms with Gasteiger partial charge in [-0.1, -0.05) is 0 Å². The normalized spacial score (nSPS) is 16.7. The molecule has 104 valence electrons. The lowest BCUT2D eigenvalue weighted by atomic mass is 9.96. The number of nitrogens with one attached hydrogen (secondary N) is 1. The van der Waals surface area contributed by atoms with Crippen LogP contribution in [0, 0.1) is 12.8 Å². The molecular weight excluding hydrogens is 240 g/mol. The van der Waals surface area contributed by atoms with E-state index in [0.29, 0.717) is 0 Å². The average molecular weight is 262 g/mol. The van der Waals surface area contributed by atoms with E-state index < -0.39 is 0 Å². The number of aromatic nitrogens is 2. The SMILES string of the molecule is Cc1cnc(N2CCC(C(=O)NC(C)C)CC2)nc1. The van der Waals surface area contributed by atoms with Gasteiger partial charge in [-0.25, -0.2) is 9.97 Å². The maximum absolute atomic E-state index is 11.9. The third-order valence-electron chi connectivity index (χ3n) is 3.35. The van der Waals surface area contributed by atoms with Crippen LogP contribution >= 0.6 is 0 Å². The third-order valence-corrected chi connectivity index (χ3v) is 3.35. The number of rotatable bonds is 3. The maximum Gasteiger partial charge on any atom is 0.225 e. The Morgan fingerprint density at radius 1 is 1.32 bits per heavy atom. The van der Waals surface area contributed by atoms with Crippen molar-refractivity contribution in [3.05, 3.63) is 18.0 Å². The van der Waals surface area contributed by atoms with E-state index >= 15 is 0 Å². The first-order valence-electron chi connectivity index (χ1n) is 6.90. The van der Waals surface area contributed by atoms with Crippen LogP contribution < -0.4 is 10.2 Å². The molecule has 0 saturated carbocycles. The van der Waals surface area contributed by atoms with Gasteiger partial charge in [0, 0.05) is 37.4 Å². The molecule has 2 heterocycles. The minimum Gasteiger partial charge on any atom is -0.354 e. The number of aryl methyl sites for hydroxylation is 1. The summed E-state index contributed by atoms with van der Waals surface area (Å²) in [6, 6.07) is 0.214. The Hall–Kier alpha value is -1.65. The molecule has 1 amide bonds. The smallest absolute Gasteiger partial charge is 0.225 e. The van der Waals surface area contributed by atoms with Gasteiger partial charge in [0.1, 0.15) is 0 Å². The van der Waals surface area contributed by atoms with Crippen LogP contribution in [-0.4, -0.2) is 35.0 Å². The van der Waals surface area contributed by atoms with Crippen LogP contribution in [-0.2, 0) is 4.79 Å². The van der Waals surface area contributed by atoms with Gasteiger partial charge < -0.3 is 10.2 Å². The Morgan fingerprint density at radius 2 is 1.89 bits per heavy atom. The summed E-state index contributed by atoms with van der Waals surface area (Å²) in [7, 11) is 0. The molecule has 1 aromatic heterocycles. The van der Waals surface area contributed by atoms with Gasteiger partial charge >= 0.3 is 0 Å². The fourth-order valence-electron chi connectivity index (χ4n) is 2.29. The topological polar surface area (TPSA) is 58.1 Å². The summed E-state index contributed by atoms with van der Waals surface area (Å²) in [6.45, 7) is 7.66. The summed E-state index contributed by atoms with van der Waals surface area (Å²) in [6.07, 6.45) is 5.41. The molecule has 1 fully saturated rings. The van der Waals surface area contributed by atoms with E-state index in [-0.39, 0.29) is 17.9 Å². The van der Waals surface area contributed by atoms with Crippen LogP contribution in [0.4, 0.5) is 5.95 Å². The van der Waals surface area contributed by atoms with Crippen molar-refractivity contribution in [2.45, 2.75) is 39.7 Å². The molecule has 2 rings (SSSR count). The van der Waals surface area contributed by atoms with Gasteiger partial charge in [0.2, 0.25) is 11.9 Å². The first-order chi connectivity index (χ1) is 9.06. The van der Waals surface area contributed by atoms with E-state index in [1.54, 1.807) is 0 Å². The first-order valence-corrected chi connectivity index (χ1v) is 6.90. The summed E-state index contributed by atoms with van der Waals surface area (Å²) in [4.78, 5) is 22.8. The fourth-order valence-corrected chi connectivity index (χ4v) is 2.29. The number of carbonyl (C=O) groups is 1. The van der Waals surface area contributed by atoms with Gasteiger partial charge in [-0.05, 0) is 39.2 Å². The number of amides is 1. The van der Waals surface area contributed by atoms with Crippen molar-refractivity contribution in [1.29, 1.82) is 0 Å². The molecule has 1 aliphatic heterocycles. The monoisotopic (exact) mass is 262 g/mol. The van der Waals surface area contributed by atoms with Crippen LogP contribution in [0.2, 0.25) is 0 Å². The standard InChI is InChI=1S/C14H22N4O/c1-10(2)17-13(19)12-4-6-18(7-5-12)14-15-8-11(3)9-16-14/h8-10,12H,4-7H2,1-3H3,(H,17,19). The Kier molecular flexibility index (Phi) is 4.35. The van der Waals surface area contributed by atoms with Crippen molar-refractivity contribution in [3.8, 4) is 0 Å². The molecule has 1 aliphatic rings. The summed E-state index contributed by atoms with van der Waals surface area (Å²) in [5.41, 5.74) is 1.06. The number of nitrogens with zero attached hydrogens (tertiary/aromatic N) is 3. The van der Waals surface area contributed by atoms with Crippen LogP contribution in [0.3, 0.4) is 0 Å². The highest BCUT2D eigenvalue weighted by molar-refractivity contribution is 5.79. The lowest BCUT2D eigenvalue weighted by molar-refractivity contribution is -0.126. The average Bonchev–Trinajstić information content (AvgIpc) is 2.39. The summed E-state index contributed by atoms with van der Waals surface area (Å²) in [5, 5.41) is 2.99. The molecule has 0 aliphatic carbocycles. The summed E-state index contributed by atoms with van der Waals surface area (Å²) >= 11 is 0. The van der Waals surface area contributed by atoms with Gasteiger partial charge in [-0.3, -0.25) is 4.79 Å². The predicted molar refractivity (Wildman–Crippen MR) is 75.0 cm³/mol. The maximum atomic E-state index is 11.9. The molecule has 0 aromatic carbocycles. The van der Waals surface area contributed by atoms with Crippen LogP contribution in [0.15, 0.2) is 12.4 Å². The second kappa shape index (κ2) is 5.99. The Bertz CT molecular complexity index is 422. The van der Waals surface area contributed by atoms with Crippen molar-refractivity contribution in [1.82, 2.24) is 15.3 Å². The molecule has 5 heteroatoms. The minimum atomic E-state index is 0.129. The molecule has 5 nitrogen and oxygen atoms in total. The van der Waals surface area contributed by atoms with Gasteiger partial charge in [-0.2, -0.15) is 0 Å². The second-order valence-corrected chi connectivity index (χ2v) is 5.49. The zero-order valence-corrected chi connectivity index (χ0v) is 11.9. The highest BCUT2D eigenvalue weighted by Crippen LogP contribution is 2.20. The third kappa shape index (κ3) is 3.66. The van der Waals surface area contributed by atoms with Gasteiger partial charge in [0.25, 0.3) is 0 Å². The molecular formula is C14H22N4O. The highest BCUT2D eigenvalue weighted by Gasteiger charge is 2.26. The first kappa shape index (κ1) is 13.8. The molecule has 0 atom stereocenters. The van der Waals surface area contributed by atoms with E-state index in [0.717, 1.165) is 37.4 Å². The van der Waals surface area contributed by atoms with Crippen molar-refractivity contribution < 1.29 is 4.79 Å². The molecule has 1 aromatic rings. The molecule has 0 unspecified atom stereocenters. The predicted octanol–water partition coefficient (Wildman–Crippen LogP) is 1.53. The van der Waals surface area contributed by atoms with E-state index in [1.807, 2.05) is 33.2 Å². The van der Waals surface area contributed by atoms with Crippen molar-refractivity contribution in [2.24, 2.45) is 5.92 Å². The van der Waals surface area contributed by atoms with E-state index in [9.17, 15) is 4.79 Å². The second-order valence-electron chi connectivity index (χ2n) is 5.49. The quantitative estimate of drug-likeness (QED) is 0.897. The Balaban J connectivity index is 1.88. The van der Waals surface area contributed by atoms with E-state index in [4.69, 9.17) is 0 Å². The molecule has 0 bridgehead atoms. The van der Waals surface area contributed by atoms with Crippen molar-refractivity contribution >= 4 is 11.9 Å². The molecule has 0 spiro atoms. The highest BCUT2D eigenvalue weighted by atomic mass is 16.1. The molecule has 19 heavy (non-hydrogen) atoms. The van der Waals surface area contributed by atoms with Crippen LogP contribution in [0.1, 0.15) is 32.3 Å². The van der Waals surface area contributed by atoms with Crippen molar-refractivity contribution in [2.75, 3.05) is 18.0 Å².